The van der Waals surface area contributed by atoms with E-state index < -0.39 is 10.9 Å². The summed E-state index contributed by atoms with van der Waals surface area (Å²) in [6.45, 7) is 0. The zero-order valence-electron chi connectivity index (χ0n) is 14.1. The molecule has 0 aliphatic rings. The molecular formula is C19H20N2O5. The predicted octanol–water partition coefficient (Wildman–Crippen LogP) is 2.73. The Bertz CT molecular complexity index is 777. The van der Waals surface area contributed by atoms with Crippen molar-refractivity contribution in [1.82, 2.24) is 5.32 Å². The Kier molecular flexibility index (Phi) is 6.84. The quantitative estimate of drug-likeness (QED) is 0.530. The van der Waals surface area contributed by atoms with Gasteiger partial charge in [0.1, 0.15) is 0 Å². The van der Waals surface area contributed by atoms with Crippen LogP contribution >= 0.6 is 0 Å². The first-order valence-electron chi connectivity index (χ1n) is 8.22. The highest BCUT2D eigenvalue weighted by Gasteiger charge is 2.16. The summed E-state index contributed by atoms with van der Waals surface area (Å²) >= 11 is 0. The Morgan fingerprint density at radius 2 is 1.77 bits per heavy atom. The van der Waals surface area contributed by atoms with E-state index in [4.69, 9.17) is 5.11 Å². The molecule has 7 nitrogen and oxygen atoms in total. The van der Waals surface area contributed by atoms with E-state index >= 15 is 0 Å². The predicted molar refractivity (Wildman–Crippen MR) is 95.7 cm³/mol. The number of rotatable bonds is 9. The van der Waals surface area contributed by atoms with Gasteiger partial charge in [0.05, 0.1) is 11.3 Å². The summed E-state index contributed by atoms with van der Waals surface area (Å²) in [5.41, 5.74) is 1.47. The molecule has 0 fully saturated rings. The van der Waals surface area contributed by atoms with Gasteiger partial charge in [0.15, 0.2) is 0 Å². The van der Waals surface area contributed by atoms with Crippen LogP contribution in [0, 0.1) is 10.1 Å². The first-order valence-corrected chi connectivity index (χ1v) is 8.22. The number of carbonyl (C=O) groups excluding carboxylic acids is 1. The van der Waals surface area contributed by atoms with Crippen LogP contribution in [0.1, 0.15) is 24.0 Å². The molecule has 2 aromatic rings. The molecule has 2 rings (SSSR count). The van der Waals surface area contributed by atoms with Gasteiger partial charge in [0.25, 0.3) is 5.69 Å². The molecule has 0 heterocycles. The van der Waals surface area contributed by atoms with E-state index in [9.17, 15) is 19.7 Å². The third kappa shape index (κ3) is 6.35. The molecule has 0 saturated carbocycles. The fraction of sp³-hybridized carbons (Fsp3) is 0.263. The summed E-state index contributed by atoms with van der Waals surface area (Å²) in [5, 5.41) is 22.6. The lowest BCUT2D eigenvalue weighted by atomic mass is 10.0. The normalized spacial score (nSPS) is 11.5. The van der Waals surface area contributed by atoms with Gasteiger partial charge in [0.2, 0.25) is 5.91 Å². The fourth-order valence-electron chi connectivity index (χ4n) is 2.67. The van der Waals surface area contributed by atoms with Crippen molar-refractivity contribution in [3.05, 3.63) is 75.8 Å². The molecule has 0 saturated heterocycles. The number of nitro benzene ring substituents is 1. The number of amides is 1. The maximum absolute atomic E-state index is 12.3. The van der Waals surface area contributed by atoms with Gasteiger partial charge in [-0.05, 0) is 24.0 Å². The number of hydrogen-bond donors (Lipinski definition) is 2. The molecule has 0 aliphatic carbocycles. The SMILES string of the molecule is O=C(O)CCC(Cc1ccccc1)NC(=O)Cc1cccc([N+](=O)[O-])c1. The highest BCUT2D eigenvalue weighted by atomic mass is 16.6. The zero-order valence-corrected chi connectivity index (χ0v) is 14.1. The maximum atomic E-state index is 12.3. The lowest BCUT2D eigenvalue weighted by Crippen LogP contribution is -2.37. The van der Waals surface area contributed by atoms with E-state index in [0.29, 0.717) is 18.4 Å². The van der Waals surface area contributed by atoms with Crippen molar-refractivity contribution in [2.24, 2.45) is 0 Å². The summed E-state index contributed by atoms with van der Waals surface area (Å²) in [4.78, 5) is 33.5. The average Bonchev–Trinajstić information content (AvgIpc) is 2.60. The van der Waals surface area contributed by atoms with Crippen molar-refractivity contribution in [3.8, 4) is 0 Å². The molecule has 1 amide bonds. The fourth-order valence-corrected chi connectivity index (χ4v) is 2.67. The van der Waals surface area contributed by atoms with Gasteiger partial charge in [-0.1, -0.05) is 42.5 Å². The first kappa shape index (κ1) is 19.1. The van der Waals surface area contributed by atoms with Crippen LogP contribution in [0.2, 0.25) is 0 Å². The second kappa shape index (κ2) is 9.31. The van der Waals surface area contributed by atoms with E-state index in [1.165, 1.54) is 18.2 Å². The van der Waals surface area contributed by atoms with Crippen molar-refractivity contribution < 1.29 is 19.6 Å². The number of non-ortho nitro benzene ring substituents is 1. The summed E-state index contributed by atoms with van der Waals surface area (Å²) < 4.78 is 0. The largest absolute Gasteiger partial charge is 0.481 e. The van der Waals surface area contributed by atoms with Crippen LogP contribution in [0.4, 0.5) is 5.69 Å². The Morgan fingerprint density at radius 1 is 1.08 bits per heavy atom. The lowest BCUT2D eigenvalue weighted by Gasteiger charge is -2.18. The van der Waals surface area contributed by atoms with Crippen molar-refractivity contribution in [3.63, 3.8) is 0 Å². The highest BCUT2D eigenvalue weighted by molar-refractivity contribution is 5.79. The number of carboxylic acids is 1. The third-order valence-corrected chi connectivity index (χ3v) is 3.88. The van der Waals surface area contributed by atoms with Crippen LogP contribution in [0.3, 0.4) is 0 Å². The van der Waals surface area contributed by atoms with Gasteiger partial charge in [0, 0.05) is 24.6 Å². The minimum absolute atomic E-state index is 0.0000408. The van der Waals surface area contributed by atoms with Gasteiger partial charge >= 0.3 is 5.97 Å². The van der Waals surface area contributed by atoms with Gasteiger partial charge in [-0.3, -0.25) is 19.7 Å². The molecule has 1 unspecified atom stereocenters. The molecule has 136 valence electrons. The van der Waals surface area contributed by atoms with Crippen molar-refractivity contribution in [1.29, 1.82) is 0 Å². The molecule has 2 aromatic carbocycles. The Labute approximate surface area is 150 Å². The molecule has 0 spiro atoms. The summed E-state index contributed by atoms with van der Waals surface area (Å²) in [5.74, 6) is -1.21. The molecule has 0 bridgehead atoms. The van der Waals surface area contributed by atoms with Crippen LogP contribution in [0.15, 0.2) is 54.6 Å². The Morgan fingerprint density at radius 3 is 2.42 bits per heavy atom. The van der Waals surface area contributed by atoms with Crippen molar-refractivity contribution in [2.75, 3.05) is 0 Å². The molecule has 7 heteroatoms. The molecule has 2 N–H and O–H groups in total. The summed E-state index contributed by atoms with van der Waals surface area (Å²) in [6, 6.07) is 15.1. The van der Waals surface area contributed by atoms with Crippen LogP contribution in [-0.2, 0) is 22.4 Å². The zero-order chi connectivity index (χ0) is 18.9. The van der Waals surface area contributed by atoms with E-state index in [0.717, 1.165) is 5.56 Å². The molecule has 0 aliphatic heterocycles. The number of nitrogens with one attached hydrogen (secondary N) is 1. The second-order valence-electron chi connectivity index (χ2n) is 5.99. The molecular weight excluding hydrogens is 336 g/mol. The summed E-state index contributed by atoms with van der Waals surface area (Å²) in [7, 11) is 0. The van der Waals surface area contributed by atoms with E-state index in [-0.39, 0.29) is 30.5 Å². The number of carboxylic acid groups (broad SMARTS) is 1. The smallest absolute Gasteiger partial charge is 0.303 e. The first-order chi connectivity index (χ1) is 12.4. The molecule has 0 aromatic heterocycles. The lowest BCUT2D eigenvalue weighted by molar-refractivity contribution is -0.384. The molecule has 1 atom stereocenters. The van der Waals surface area contributed by atoms with Gasteiger partial charge in [-0.15, -0.1) is 0 Å². The average molecular weight is 356 g/mol. The third-order valence-electron chi connectivity index (χ3n) is 3.88. The van der Waals surface area contributed by atoms with Crippen molar-refractivity contribution in [2.45, 2.75) is 31.7 Å². The molecule has 0 radical (unpaired) electrons. The number of aliphatic carboxylic acids is 1. The van der Waals surface area contributed by atoms with Gasteiger partial charge < -0.3 is 10.4 Å². The number of hydrogen-bond acceptors (Lipinski definition) is 4. The van der Waals surface area contributed by atoms with Crippen molar-refractivity contribution >= 4 is 17.6 Å². The van der Waals surface area contributed by atoms with E-state index in [1.807, 2.05) is 30.3 Å². The second-order valence-corrected chi connectivity index (χ2v) is 5.99. The Balaban J connectivity index is 2.01. The van der Waals surface area contributed by atoms with Crippen LogP contribution in [0.25, 0.3) is 0 Å². The van der Waals surface area contributed by atoms with Crippen LogP contribution in [-0.4, -0.2) is 27.9 Å². The highest BCUT2D eigenvalue weighted by Crippen LogP contribution is 2.14. The standard InChI is InChI=1S/C19H20N2O5/c22-18(13-15-7-4-8-17(12-15)21(25)26)20-16(9-10-19(23)24)11-14-5-2-1-3-6-14/h1-8,12,16H,9-11,13H2,(H,20,22)(H,23,24). The van der Waals surface area contributed by atoms with Crippen LogP contribution in [0.5, 0.6) is 0 Å². The number of nitro groups is 1. The van der Waals surface area contributed by atoms with Crippen LogP contribution < -0.4 is 5.32 Å². The maximum Gasteiger partial charge on any atom is 0.303 e. The monoisotopic (exact) mass is 356 g/mol. The minimum Gasteiger partial charge on any atom is -0.481 e. The van der Waals surface area contributed by atoms with Gasteiger partial charge in [-0.2, -0.15) is 0 Å². The topological polar surface area (TPSA) is 110 Å². The van der Waals surface area contributed by atoms with Gasteiger partial charge in [-0.25, -0.2) is 0 Å². The van der Waals surface area contributed by atoms with E-state index in [2.05, 4.69) is 5.32 Å². The minimum atomic E-state index is -0.920. The number of nitrogens with zero attached hydrogens (tertiary/aromatic N) is 1. The number of carbonyl (C=O) groups is 2. The summed E-state index contributed by atoms with van der Waals surface area (Å²) in [6.07, 6.45) is 0.786. The van der Waals surface area contributed by atoms with E-state index in [1.54, 1.807) is 6.07 Å². The number of benzene rings is 2. The Hall–Kier alpha value is -3.22. The molecule has 26 heavy (non-hydrogen) atoms.